The fourth-order valence-electron chi connectivity index (χ4n) is 1.57. The highest BCUT2D eigenvalue weighted by Crippen LogP contribution is 2.27. The maximum absolute atomic E-state index is 11.6. The fraction of sp³-hybridized carbons (Fsp3) is 0.429. The second-order valence-corrected chi connectivity index (χ2v) is 4.76. The standard InChI is InChI=1S/C14H18N2O3/c1-14(2,13(17)19-4)9-16-11-6-5-10(8-15)7-12(11)18-3/h5-7,16H,9H2,1-4H3. The van der Waals surface area contributed by atoms with Crippen LogP contribution in [0.25, 0.3) is 0 Å². The molecule has 0 fully saturated rings. The zero-order valence-corrected chi connectivity index (χ0v) is 11.6. The van der Waals surface area contributed by atoms with Crippen LogP contribution in [0.5, 0.6) is 5.75 Å². The number of carbonyl (C=O) groups is 1. The molecule has 1 aromatic carbocycles. The quantitative estimate of drug-likeness (QED) is 0.823. The third-order valence-corrected chi connectivity index (χ3v) is 2.79. The minimum absolute atomic E-state index is 0.285. The summed E-state index contributed by atoms with van der Waals surface area (Å²) < 4.78 is 9.95. The molecule has 0 bridgehead atoms. The average Bonchev–Trinajstić information content (AvgIpc) is 2.43. The Balaban J connectivity index is 2.84. The molecule has 19 heavy (non-hydrogen) atoms. The number of rotatable bonds is 5. The molecule has 5 heteroatoms. The minimum Gasteiger partial charge on any atom is -0.495 e. The van der Waals surface area contributed by atoms with Crippen molar-refractivity contribution in [3.05, 3.63) is 23.8 Å². The van der Waals surface area contributed by atoms with E-state index in [1.54, 1.807) is 32.0 Å². The Morgan fingerprint density at radius 1 is 1.42 bits per heavy atom. The van der Waals surface area contributed by atoms with Crippen LogP contribution in [0.1, 0.15) is 19.4 Å². The molecular weight excluding hydrogens is 244 g/mol. The van der Waals surface area contributed by atoms with Gasteiger partial charge < -0.3 is 14.8 Å². The molecule has 0 aliphatic rings. The molecule has 102 valence electrons. The zero-order chi connectivity index (χ0) is 14.5. The van der Waals surface area contributed by atoms with Crippen molar-refractivity contribution in [2.75, 3.05) is 26.1 Å². The highest BCUT2D eigenvalue weighted by Gasteiger charge is 2.28. The second kappa shape index (κ2) is 6.10. The summed E-state index contributed by atoms with van der Waals surface area (Å²) in [7, 11) is 2.90. The van der Waals surface area contributed by atoms with Crippen molar-refractivity contribution >= 4 is 11.7 Å². The van der Waals surface area contributed by atoms with Crippen LogP contribution in [0, 0.1) is 16.7 Å². The number of anilines is 1. The van der Waals surface area contributed by atoms with Gasteiger partial charge in [0.1, 0.15) is 5.75 Å². The van der Waals surface area contributed by atoms with Crippen LogP contribution in [0.4, 0.5) is 5.69 Å². The molecule has 0 radical (unpaired) electrons. The van der Waals surface area contributed by atoms with Crippen molar-refractivity contribution in [1.29, 1.82) is 5.26 Å². The van der Waals surface area contributed by atoms with Gasteiger partial charge in [-0.2, -0.15) is 5.26 Å². The number of benzene rings is 1. The predicted molar refractivity (Wildman–Crippen MR) is 72.0 cm³/mol. The van der Waals surface area contributed by atoms with E-state index >= 15 is 0 Å². The van der Waals surface area contributed by atoms with E-state index in [4.69, 9.17) is 14.7 Å². The van der Waals surface area contributed by atoms with Crippen molar-refractivity contribution in [3.8, 4) is 11.8 Å². The van der Waals surface area contributed by atoms with Gasteiger partial charge in [-0.1, -0.05) is 0 Å². The summed E-state index contributed by atoms with van der Waals surface area (Å²) in [5.41, 5.74) is 0.612. The number of nitrogens with one attached hydrogen (secondary N) is 1. The maximum Gasteiger partial charge on any atom is 0.313 e. The van der Waals surface area contributed by atoms with E-state index < -0.39 is 5.41 Å². The van der Waals surface area contributed by atoms with E-state index in [0.29, 0.717) is 17.9 Å². The van der Waals surface area contributed by atoms with Crippen LogP contribution in [0.15, 0.2) is 18.2 Å². The molecule has 1 rings (SSSR count). The first kappa shape index (κ1) is 14.8. The van der Waals surface area contributed by atoms with Gasteiger partial charge >= 0.3 is 5.97 Å². The highest BCUT2D eigenvalue weighted by molar-refractivity contribution is 5.76. The number of nitrogens with zero attached hydrogens (tertiary/aromatic N) is 1. The summed E-state index contributed by atoms with van der Waals surface area (Å²) in [6.45, 7) is 3.99. The van der Waals surface area contributed by atoms with E-state index in [1.807, 2.05) is 6.07 Å². The van der Waals surface area contributed by atoms with Crippen LogP contribution >= 0.6 is 0 Å². The van der Waals surface area contributed by atoms with Crippen LogP contribution in [0.3, 0.4) is 0 Å². The third kappa shape index (κ3) is 3.62. The maximum atomic E-state index is 11.6. The van der Waals surface area contributed by atoms with Crippen molar-refractivity contribution < 1.29 is 14.3 Å². The number of esters is 1. The zero-order valence-electron chi connectivity index (χ0n) is 11.6. The van der Waals surface area contributed by atoms with E-state index in [-0.39, 0.29) is 5.97 Å². The molecule has 0 aliphatic heterocycles. The molecule has 0 saturated carbocycles. The van der Waals surface area contributed by atoms with Crippen molar-refractivity contribution in [2.24, 2.45) is 5.41 Å². The molecule has 0 aromatic heterocycles. The van der Waals surface area contributed by atoms with E-state index in [9.17, 15) is 4.79 Å². The first-order valence-electron chi connectivity index (χ1n) is 5.85. The van der Waals surface area contributed by atoms with Crippen LogP contribution in [-0.4, -0.2) is 26.7 Å². The summed E-state index contributed by atoms with van der Waals surface area (Å²) in [4.78, 5) is 11.6. The number of hydrogen-bond acceptors (Lipinski definition) is 5. The molecule has 0 spiro atoms. The first-order chi connectivity index (χ1) is 8.94. The van der Waals surface area contributed by atoms with Gasteiger partial charge in [0.2, 0.25) is 0 Å². The molecule has 1 N–H and O–H groups in total. The molecule has 1 aromatic rings. The van der Waals surface area contributed by atoms with Gasteiger partial charge in [-0.05, 0) is 26.0 Å². The van der Waals surface area contributed by atoms with Gasteiger partial charge in [0.25, 0.3) is 0 Å². The molecule has 5 nitrogen and oxygen atoms in total. The van der Waals surface area contributed by atoms with Gasteiger partial charge in [-0.15, -0.1) is 0 Å². The number of methoxy groups -OCH3 is 2. The monoisotopic (exact) mass is 262 g/mol. The lowest BCUT2D eigenvalue weighted by Gasteiger charge is -2.23. The summed E-state index contributed by atoms with van der Waals surface area (Å²) in [5.74, 6) is 0.285. The van der Waals surface area contributed by atoms with Crippen LogP contribution in [0.2, 0.25) is 0 Å². The Bertz CT molecular complexity index is 504. The minimum atomic E-state index is -0.645. The van der Waals surface area contributed by atoms with Gasteiger partial charge in [0.05, 0.1) is 37.0 Å². The van der Waals surface area contributed by atoms with Crippen LogP contribution < -0.4 is 10.1 Å². The first-order valence-corrected chi connectivity index (χ1v) is 5.85. The van der Waals surface area contributed by atoms with Gasteiger partial charge in [0, 0.05) is 12.6 Å². The van der Waals surface area contributed by atoms with Gasteiger partial charge in [0.15, 0.2) is 0 Å². The van der Waals surface area contributed by atoms with Crippen LogP contribution in [-0.2, 0) is 9.53 Å². The Hall–Kier alpha value is -2.22. The molecule has 0 aliphatic carbocycles. The lowest BCUT2D eigenvalue weighted by molar-refractivity contribution is -0.149. The number of nitriles is 1. The number of hydrogen-bond donors (Lipinski definition) is 1. The number of carbonyl (C=O) groups excluding carboxylic acids is 1. The van der Waals surface area contributed by atoms with Crippen molar-refractivity contribution in [3.63, 3.8) is 0 Å². The topological polar surface area (TPSA) is 71.3 Å². The fourth-order valence-corrected chi connectivity index (χ4v) is 1.57. The Morgan fingerprint density at radius 2 is 2.11 bits per heavy atom. The second-order valence-electron chi connectivity index (χ2n) is 4.76. The Kier molecular flexibility index (Phi) is 4.76. The predicted octanol–water partition coefficient (Wildman–Crippen LogP) is 2.18. The summed E-state index contributed by atoms with van der Waals surface area (Å²) >= 11 is 0. The molecule has 0 unspecified atom stereocenters. The summed E-state index contributed by atoms with van der Waals surface area (Å²) in [5, 5.41) is 12.0. The van der Waals surface area contributed by atoms with Crippen molar-refractivity contribution in [1.82, 2.24) is 0 Å². The molecule has 0 amide bonds. The smallest absolute Gasteiger partial charge is 0.313 e. The number of ether oxygens (including phenoxy) is 2. The molecule has 0 saturated heterocycles. The molecule has 0 heterocycles. The highest BCUT2D eigenvalue weighted by atomic mass is 16.5. The van der Waals surface area contributed by atoms with Crippen molar-refractivity contribution in [2.45, 2.75) is 13.8 Å². The van der Waals surface area contributed by atoms with E-state index in [1.165, 1.54) is 14.2 Å². The summed E-state index contributed by atoms with van der Waals surface area (Å²) in [6.07, 6.45) is 0. The largest absolute Gasteiger partial charge is 0.495 e. The Morgan fingerprint density at radius 3 is 2.63 bits per heavy atom. The molecule has 0 atom stereocenters. The van der Waals surface area contributed by atoms with Gasteiger partial charge in [-0.3, -0.25) is 4.79 Å². The molecular formula is C14H18N2O3. The normalized spacial score (nSPS) is 10.5. The van der Waals surface area contributed by atoms with Gasteiger partial charge in [-0.25, -0.2) is 0 Å². The third-order valence-electron chi connectivity index (χ3n) is 2.79. The summed E-state index contributed by atoms with van der Waals surface area (Å²) in [6, 6.07) is 7.14. The average molecular weight is 262 g/mol. The van der Waals surface area contributed by atoms with E-state index in [0.717, 1.165) is 5.69 Å². The lowest BCUT2D eigenvalue weighted by atomic mass is 9.93. The lowest BCUT2D eigenvalue weighted by Crippen LogP contribution is -2.33. The van der Waals surface area contributed by atoms with E-state index in [2.05, 4.69) is 5.32 Å². The Labute approximate surface area is 113 Å². The SMILES string of the molecule is COC(=O)C(C)(C)CNc1ccc(C#N)cc1OC.